The average Bonchev–Trinajstić information content (AvgIpc) is 2.83. The molecule has 1 heterocycles. The van der Waals surface area contributed by atoms with E-state index < -0.39 is 0 Å². The molecular weight excluding hydrogens is 320 g/mol. The van der Waals surface area contributed by atoms with Crippen molar-refractivity contribution in [3.05, 3.63) is 29.3 Å². The molecule has 1 aliphatic rings. The molecule has 0 aromatic heterocycles. The maximum absolute atomic E-state index is 6.04. The Kier molecular flexibility index (Phi) is 6.20. The lowest BCUT2D eigenvalue weighted by Gasteiger charge is -2.39. The highest BCUT2D eigenvalue weighted by molar-refractivity contribution is 8.01. The third-order valence-electron chi connectivity index (χ3n) is 3.78. The molecule has 0 unspecified atom stereocenters. The van der Waals surface area contributed by atoms with Crippen molar-refractivity contribution in [3.8, 4) is 0 Å². The first-order valence-electron chi connectivity index (χ1n) is 7.59. The first kappa shape index (κ1) is 16.9. The summed E-state index contributed by atoms with van der Waals surface area (Å²) in [6.07, 6.45) is 4.73. The maximum atomic E-state index is 6.04. The maximum Gasteiger partial charge on any atom is 0.174 e. The molecule has 0 radical (unpaired) electrons. The summed E-state index contributed by atoms with van der Waals surface area (Å²) in [7, 11) is 0. The van der Waals surface area contributed by atoms with Crippen LogP contribution in [0.4, 0.5) is 5.69 Å². The third kappa shape index (κ3) is 4.05. The van der Waals surface area contributed by atoms with Gasteiger partial charge in [-0.05, 0) is 43.3 Å². The van der Waals surface area contributed by atoms with Crippen molar-refractivity contribution in [3.63, 3.8) is 0 Å². The molecule has 2 nitrogen and oxygen atoms in total. The van der Waals surface area contributed by atoms with Gasteiger partial charge in [-0.15, -0.1) is 11.8 Å². The molecule has 0 saturated carbocycles. The molecule has 1 aliphatic heterocycles. The highest BCUT2D eigenvalue weighted by atomic mass is 35.5. The van der Waals surface area contributed by atoms with Gasteiger partial charge >= 0.3 is 0 Å². The second-order valence-corrected chi connectivity index (χ2v) is 7.67. The van der Waals surface area contributed by atoms with E-state index in [1.807, 2.05) is 24.3 Å². The number of rotatable bonds is 5. The van der Waals surface area contributed by atoms with E-state index in [-0.39, 0.29) is 4.87 Å². The van der Waals surface area contributed by atoms with Crippen molar-refractivity contribution >= 4 is 46.4 Å². The van der Waals surface area contributed by atoms with Crippen molar-refractivity contribution < 1.29 is 0 Å². The van der Waals surface area contributed by atoms with Gasteiger partial charge < -0.3 is 10.2 Å². The summed E-state index contributed by atoms with van der Waals surface area (Å²) in [6, 6.07) is 7.73. The molecule has 1 saturated heterocycles. The molecule has 0 atom stereocenters. The number of halogens is 1. The first-order chi connectivity index (χ1) is 10.1. The molecular formula is C16H23ClN2S2. The Labute approximate surface area is 142 Å². The van der Waals surface area contributed by atoms with Gasteiger partial charge in [0.15, 0.2) is 5.11 Å². The van der Waals surface area contributed by atoms with Gasteiger partial charge in [0, 0.05) is 23.0 Å². The van der Waals surface area contributed by atoms with Gasteiger partial charge in [-0.2, -0.15) is 0 Å². The normalized spacial score (nSPS) is 17.0. The Morgan fingerprint density at radius 3 is 2.71 bits per heavy atom. The van der Waals surface area contributed by atoms with E-state index in [0.717, 1.165) is 28.1 Å². The van der Waals surface area contributed by atoms with Crippen LogP contribution in [0.3, 0.4) is 0 Å². The van der Waals surface area contributed by atoms with E-state index in [9.17, 15) is 0 Å². The van der Waals surface area contributed by atoms with Crippen molar-refractivity contribution in [1.29, 1.82) is 0 Å². The molecule has 0 amide bonds. The van der Waals surface area contributed by atoms with Gasteiger partial charge in [0.1, 0.15) is 0 Å². The van der Waals surface area contributed by atoms with E-state index in [0.29, 0.717) is 0 Å². The predicted molar refractivity (Wildman–Crippen MR) is 99.4 cm³/mol. The van der Waals surface area contributed by atoms with Crippen LogP contribution in [0.1, 0.15) is 39.5 Å². The lowest BCUT2D eigenvalue weighted by Crippen LogP contribution is -2.47. The second kappa shape index (κ2) is 7.70. The standard InChI is InChI=1S/C16H23ClN2S2/c1-3-8-16(9-4-2)19(10-11-21-16)15(20)18-14-7-5-6-13(17)12-14/h5-7,12H,3-4,8-11H2,1-2H3,(H,18,20). The Balaban J connectivity index is 2.12. The van der Waals surface area contributed by atoms with Crippen LogP contribution in [0, 0.1) is 0 Å². The van der Waals surface area contributed by atoms with Crippen LogP contribution in [0.25, 0.3) is 0 Å². The zero-order chi connectivity index (χ0) is 15.3. The average molecular weight is 343 g/mol. The lowest BCUT2D eigenvalue weighted by molar-refractivity contribution is 0.273. The fourth-order valence-electron chi connectivity index (χ4n) is 2.97. The Bertz CT molecular complexity index is 487. The minimum atomic E-state index is 0.173. The number of nitrogens with zero attached hydrogens (tertiary/aromatic N) is 1. The summed E-state index contributed by atoms with van der Waals surface area (Å²) in [5, 5.41) is 4.91. The van der Waals surface area contributed by atoms with Crippen LogP contribution in [0.15, 0.2) is 24.3 Å². The van der Waals surface area contributed by atoms with E-state index in [2.05, 4.69) is 35.8 Å². The zero-order valence-corrected chi connectivity index (χ0v) is 15.1. The van der Waals surface area contributed by atoms with Gasteiger partial charge in [-0.3, -0.25) is 0 Å². The molecule has 1 aromatic carbocycles. The van der Waals surface area contributed by atoms with E-state index >= 15 is 0 Å². The van der Waals surface area contributed by atoms with E-state index in [4.69, 9.17) is 23.8 Å². The van der Waals surface area contributed by atoms with Crippen LogP contribution < -0.4 is 5.32 Å². The minimum Gasteiger partial charge on any atom is -0.334 e. The van der Waals surface area contributed by atoms with Crippen LogP contribution in [-0.2, 0) is 0 Å². The Hall–Kier alpha value is -0.450. The van der Waals surface area contributed by atoms with E-state index in [1.165, 1.54) is 25.7 Å². The van der Waals surface area contributed by atoms with E-state index in [1.54, 1.807) is 0 Å². The fraction of sp³-hybridized carbons (Fsp3) is 0.562. The van der Waals surface area contributed by atoms with Gasteiger partial charge in [0.2, 0.25) is 0 Å². The van der Waals surface area contributed by atoms with Crippen LogP contribution in [0.2, 0.25) is 5.02 Å². The number of thiocarbonyl (C=S) groups is 1. The minimum absolute atomic E-state index is 0.173. The summed E-state index contributed by atoms with van der Waals surface area (Å²) in [5.41, 5.74) is 0.964. The summed E-state index contributed by atoms with van der Waals surface area (Å²) in [5.74, 6) is 1.15. The number of benzene rings is 1. The topological polar surface area (TPSA) is 15.3 Å². The van der Waals surface area contributed by atoms with Crippen molar-refractivity contribution in [2.75, 3.05) is 17.6 Å². The summed E-state index contributed by atoms with van der Waals surface area (Å²) < 4.78 is 0. The van der Waals surface area contributed by atoms with Crippen LogP contribution in [0.5, 0.6) is 0 Å². The molecule has 5 heteroatoms. The third-order valence-corrected chi connectivity index (χ3v) is 5.89. The second-order valence-electron chi connectivity index (χ2n) is 5.39. The number of thioether (sulfide) groups is 1. The van der Waals surface area contributed by atoms with Crippen molar-refractivity contribution in [1.82, 2.24) is 4.90 Å². The first-order valence-corrected chi connectivity index (χ1v) is 9.36. The SMILES string of the molecule is CCCC1(CCC)SCCN1C(=S)Nc1cccc(Cl)c1. The predicted octanol–water partition coefficient (Wildman–Crippen LogP) is 5.38. The molecule has 21 heavy (non-hydrogen) atoms. The molecule has 2 rings (SSSR count). The smallest absolute Gasteiger partial charge is 0.174 e. The van der Waals surface area contributed by atoms with Gasteiger partial charge in [-0.25, -0.2) is 0 Å². The van der Waals surface area contributed by atoms with Gasteiger partial charge in [0.05, 0.1) is 4.87 Å². The summed E-state index contributed by atoms with van der Waals surface area (Å²) >= 11 is 13.8. The largest absolute Gasteiger partial charge is 0.334 e. The van der Waals surface area contributed by atoms with Crippen LogP contribution >= 0.6 is 35.6 Å². The lowest BCUT2D eigenvalue weighted by atomic mass is 10.0. The van der Waals surface area contributed by atoms with Crippen molar-refractivity contribution in [2.45, 2.75) is 44.4 Å². The number of anilines is 1. The molecule has 116 valence electrons. The quantitative estimate of drug-likeness (QED) is 0.722. The summed E-state index contributed by atoms with van der Waals surface area (Å²) in [6.45, 7) is 5.53. The molecule has 0 spiro atoms. The zero-order valence-electron chi connectivity index (χ0n) is 12.7. The fourth-order valence-corrected chi connectivity index (χ4v) is 5.29. The number of hydrogen-bond donors (Lipinski definition) is 1. The Morgan fingerprint density at radius 1 is 1.38 bits per heavy atom. The Morgan fingerprint density at radius 2 is 2.10 bits per heavy atom. The molecule has 1 N–H and O–H groups in total. The number of nitrogens with one attached hydrogen (secondary N) is 1. The van der Waals surface area contributed by atoms with Crippen LogP contribution in [-0.4, -0.2) is 27.2 Å². The van der Waals surface area contributed by atoms with Gasteiger partial charge in [0.25, 0.3) is 0 Å². The number of hydrogen-bond acceptors (Lipinski definition) is 2. The molecule has 1 aromatic rings. The summed E-state index contributed by atoms with van der Waals surface area (Å²) in [4.78, 5) is 2.56. The van der Waals surface area contributed by atoms with Crippen molar-refractivity contribution in [2.24, 2.45) is 0 Å². The highest BCUT2D eigenvalue weighted by Crippen LogP contribution is 2.43. The molecule has 0 aliphatic carbocycles. The molecule has 1 fully saturated rings. The monoisotopic (exact) mass is 342 g/mol. The molecule has 0 bridgehead atoms. The van der Waals surface area contributed by atoms with Gasteiger partial charge in [-0.1, -0.05) is 44.4 Å². The highest BCUT2D eigenvalue weighted by Gasteiger charge is 2.41.